The maximum Gasteiger partial charge on any atom is 0.211 e. The van der Waals surface area contributed by atoms with E-state index in [1.54, 1.807) is 16.4 Å². The number of sulfonamides is 1. The number of hydrogen-bond acceptors (Lipinski definition) is 3. The molecule has 0 saturated carbocycles. The molecule has 3 atom stereocenters. The van der Waals surface area contributed by atoms with E-state index in [1.165, 1.54) is 12.3 Å². The number of nitrogens with one attached hydrogen (secondary N) is 1. The largest absolute Gasteiger partial charge is 0.307 e. The third kappa shape index (κ3) is 4.27. The Hall–Kier alpha value is -0.980. The third-order valence-electron chi connectivity index (χ3n) is 4.50. The molecule has 0 spiro atoms. The SMILES string of the molecule is CC[C@@H]1CN(S(C)(=O)=O)CC[C@H]1N[C@@H](C)c1cccc(F)c1. The zero-order valence-electron chi connectivity index (χ0n) is 13.4. The molecule has 0 aliphatic carbocycles. The summed E-state index contributed by atoms with van der Waals surface area (Å²) in [6.07, 6.45) is 2.97. The fraction of sp³-hybridized carbons (Fsp3) is 0.625. The Kier molecular flexibility index (Phi) is 5.58. The summed E-state index contributed by atoms with van der Waals surface area (Å²) in [4.78, 5) is 0. The highest BCUT2D eigenvalue weighted by molar-refractivity contribution is 7.88. The van der Waals surface area contributed by atoms with Crippen LogP contribution < -0.4 is 5.32 Å². The number of piperidine rings is 1. The summed E-state index contributed by atoms with van der Waals surface area (Å²) in [7, 11) is -3.12. The molecule has 0 unspecified atom stereocenters. The Morgan fingerprint density at radius 3 is 2.77 bits per heavy atom. The molecule has 1 N–H and O–H groups in total. The van der Waals surface area contributed by atoms with E-state index < -0.39 is 10.0 Å². The molecule has 22 heavy (non-hydrogen) atoms. The van der Waals surface area contributed by atoms with Gasteiger partial charge in [0.15, 0.2) is 0 Å². The Balaban J connectivity index is 2.03. The number of benzene rings is 1. The van der Waals surface area contributed by atoms with Crippen LogP contribution in [-0.2, 0) is 10.0 Å². The first kappa shape index (κ1) is 17.4. The van der Waals surface area contributed by atoms with Crippen LogP contribution in [0.3, 0.4) is 0 Å². The first-order chi connectivity index (χ1) is 10.3. The van der Waals surface area contributed by atoms with Gasteiger partial charge in [0.2, 0.25) is 10.0 Å². The predicted molar refractivity (Wildman–Crippen MR) is 86.6 cm³/mol. The van der Waals surface area contributed by atoms with Crippen LogP contribution in [0.2, 0.25) is 0 Å². The summed E-state index contributed by atoms with van der Waals surface area (Å²) in [5.41, 5.74) is 0.917. The zero-order valence-corrected chi connectivity index (χ0v) is 14.2. The van der Waals surface area contributed by atoms with Crippen molar-refractivity contribution in [1.82, 2.24) is 9.62 Å². The van der Waals surface area contributed by atoms with Crippen molar-refractivity contribution in [1.29, 1.82) is 0 Å². The summed E-state index contributed by atoms with van der Waals surface area (Å²) in [5, 5.41) is 3.55. The van der Waals surface area contributed by atoms with Gasteiger partial charge in [0.05, 0.1) is 6.26 Å². The summed E-state index contributed by atoms with van der Waals surface area (Å²) < 4.78 is 38.3. The van der Waals surface area contributed by atoms with E-state index in [-0.39, 0.29) is 23.8 Å². The van der Waals surface area contributed by atoms with Crippen molar-refractivity contribution in [2.45, 2.75) is 38.8 Å². The first-order valence-electron chi connectivity index (χ1n) is 7.78. The molecule has 4 nitrogen and oxygen atoms in total. The molecule has 2 rings (SSSR count). The van der Waals surface area contributed by atoms with Crippen molar-refractivity contribution in [2.75, 3.05) is 19.3 Å². The van der Waals surface area contributed by atoms with Crippen LogP contribution in [0, 0.1) is 11.7 Å². The van der Waals surface area contributed by atoms with Gasteiger partial charge in [-0.15, -0.1) is 0 Å². The van der Waals surface area contributed by atoms with Crippen molar-refractivity contribution in [3.05, 3.63) is 35.6 Å². The second-order valence-corrected chi connectivity index (χ2v) is 8.11. The minimum absolute atomic E-state index is 0.0412. The maximum atomic E-state index is 13.3. The molecule has 0 amide bonds. The van der Waals surface area contributed by atoms with Crippen molar-refractivity contribution in [2.24, 2.45) is 5.92 Å². The highest BCUT2D eigenvalue weighted by Gasteiger charge is 2.32. The Morgan fingerprint density at radius 2 is 2.18 bits per heavy atom. The van der Waals surface area contributed by atoms with E-state index in [2.05, 4.69) is 12.2 Å². The van der Waals surface area contributed by atoms with Crippen LogP contribution in [0.25, 0.3) is 0 Å². The number of rotatable bonds is 5. The lowest BCUT2D eigenvalue weighted by molar-refractivity contribution is 0.193. The third-order valence-corrected chi connectivity index (χ3v) is 5.77. The van der Waals surface area contributed by atoms with Gasteiger partial charge < -0.3 is 5.32 Å². The van der Waals surface area contributed by atoms with Crippen molar-refractivity contribution < 1.29 is 12.8 Å². The van der Waals surface area contributed by atoms with Gasteiger partial charge in [-0.05, 0) is 37.0 Å². The average Bonchev–Trinajstić information content (AvgIpc) is 2.46. The standard InChI is InChI=1S/C16H25FN2O2S/c1-4-13-11-19(22(3,20)21)9-8-16(13)18-12(2)14-6-5-7-15(17)10-14/h5-7,10,12-13,16,18H,4,8-9,11H2,1-3H3/t12-,13+,16+/m0/s1. The van der Waals surface area contributed by atoms with Crippen LogP contribution in [-0.4, -0.2) is 38.1 Å². The molecular formula is C16H25FN2O2S. The van der Waals surface area contributed by atoms with E-state index in [1.807, 2.05) is 13.0 Å². The van der Waals surface area contributed by atoms with E-state index >= 15 is 0 Å². The average molecular weight is 328 g/mol. The number of nitrogens with zero attached hydrogens (tertiary/aromatic N) is 1. The van der Waals surface area contributed by atoms with Gasteiger partial charge in [0.25, 0.3) is 0 Å². The van der Waals surface area contributed by atoms with Gasteiger partial charge in [-0.2, -0.15) is 0 Å². The highest BCUT2D eigenvalue weighted by atomic mass is 32.2. The molecule has 1 aliphatic heterocycles. The summed E-state index contributed by atoms with van der Waals surface area (Å²) in [6.45, 7) is 5.20. The van der Waals surface area contributed by atoms with Gasteiger partial charge in [0.1, 0.15) is 5.82 Å². The Labute approximate surface area is 132 Å². The van der Waals surface area contributed by atoms with Crippen LogP contribution in [0.4, 0.5) is 4.39 Å². The lowest BCUT2D eigenvalue weighted by atomic mass is 9.90. The second-order valence-electron chi connectivity index (χ2n) is 6.13. The van der Waals surface area contributed by atoms with E-state index in [0.29, 0.717) is 13.1 Å². The van der Waals surface area contributed by atoms with Gasteiger partial charge in [0, 0.05) is 25.2 Å². The molecule has 0 radical (unpaired) electrons. The fourth-order valence-corrected chi connectivity index (χ4v) is 4.03. The van der Waals surface area contributed by atoms with Gasteiger partial charge in [-0.25, -0.2) is 17.1 Å². The van der Waals surface area contributed by atoms with Crippen LogP contribution in [0.1, 0.15) is 38.3 Å². The molecule has 1 heterocycles. The quantitative estimate of drug-likeness (QED) is 0.904. The van der Waals surface area contributed by atoms with Crippen LogP contribution in [0.5, 0.6) is 0 Å². The predicted octanol–water partition coefficient (Wildman–Crippen LogP) is 2.54. The molecule has 1 aromatic carbocycles. The molecule has 1 aliphatic rings. The molecule has 0 aromatic heterocycles. The van der Waals surface area contributed by atoms with Gasteiger partial charge in [-0.3, -0.25) is 0 Å². The fourth-order valence-electron chi connectivity index (χ4n) is 3.13. The molecule has 1 aromatic rings. The van der Waals surface area contributed by atoms with E-state index in [0.717, 1.165) is 18.4 Å². The first-order valence-corrected chi connectivity index (χ1v) is 9.62. The molecule has 124 valence electrons. The molecule has 1 saturated heterocycles. The maximum absolute atomic E-state index is 13.3. The minimum atomic E-state index is -3.12. The molecule has 0 bridgehead atoms. The molecular weight excluding hydrogens is 303 g/mol. The normalized spacial score (nSPS) is 25.1. The Morgan fingerprint density at radius 1 is 1.45 bits per heavy atom. The van der Waals surface area contributed by atoms with Crippen LogP contribution in [0.15, 0.2) is 24.3 Å². The molecule has 6 heteroatoms. The highest BCUT2D eigenvalue weighted by Crippen LogP contribution is 2.25. The monoisotopic (exact) mass is 328 g/mol. The van der Waals surface area contributed by atoms with E-state index in [4.69, 9.17) is 0 Å². The van der Waals surface area contributed by atoms with Crippen LogP contribution >= 0.6 is 0 Å². The molecule has 1 fully saturated rings. The second kappa shape index (κ2) is 7.06. The summed E-state index contributed by atoms with van der Waals surface area (Å²) in [6, 6.07) is 6.90. The lowest BCUT2D eigenvalue weighted by Gasteiger charge is -2.38. The van der Waals surface area contributed by atoms with Crippen molar-refractivity contribution >= 4 is 10.0 Å². The lowest BCUT2D eigenvalue weighted by Crippen LogP contribution is -2.51. The van der Waals surface area contributed by atoms with Crippen molar-refractivity contribution in [3.63, 3.8) is 0 Å². The smallest absolute Gasteiger partial charge is 0.211 e. The number of halogens is 1. The van der Waals surface area contributed by atoms with Gasteiger partial charge in [-0.1, -0.05) is 25.5 Å². The number of hydrogen-bond donors (Lipinski definition) is 1. The Bertz CT molecular complexity index is 606. The minimum Gasteiger partial charge on any atom is -0.307 e. The van der Waals surface area contributed by atoms with Crippen molar-refractivity contribution in [3.8, 4) is 0 Å². The van der Waals surface area contributed by atoms with Gasteiger partial charge >= 0.3 is 0 Å². The zero-order chi connectivity index (χ0) is 16.3. The topological polar surface area (TPSA) is 49.4 Å². The summed E-state index contributed by atoms with van der Waals surface area (Å²) >= 11 is 0. The van der Waals surface area contributed by atoms with E-state index in [9.17, 15) is 12.8 Å². The summed E-state index contributed by atoms with van der Waals surface area (Å²) in [5.74, 6) is 0.0459.